The van der Waals surface area contributed by atoms with Crippen molar-refractivity contribution in [3.63, 3.8) is 0 Å². The highest BCUT2D eigenvalue weighted by Crippen LogP contribution is 2.22. The fourth-order valence-corrected chi connectivity index (χ4v) is 2.25. The third kappa shape index (κ3) is 2.91. The molecule has 1 heterocycles. The summed E-state index contributed by atoms with van der Waals surface area (Å²) in [7, 11) is 1.34. The molecule has 0 bridgehead atoms. The highest BCUT2D eigenvalue weighted by atomic mass is 19.1. The molecule has 98 valence electrons. The number of methoxy groups -OCH3 is 1. The van der Waals surface area contributed by atoms with Crippen LogP contribution in [-0.2, 0) is 4.74 Å². The first kappa shape index (κ1) is 12.7. The quantitative estimate of drug-likeness (QED) is 0.877. The van der Waals surface area contributed by atoms with Crippen molar-refractivity contribution in [1.29, 1.82) is 0 Å². The van der Waals surface area contributed by atoms with Crippen LogP contribution in [0.2, 0.25) is 0 Å². The number of carbonyl (C=O) groups is 1. The summed E-state index contributed by atoms with van der Waals surface area (Å²) in [5, 5.41) is 2.76. The Morgan fingerprint density at radius 3 is 3.00 bits per heavy atom. The molecule has 0 aliphatic carbocycles. The zero-order valence-electron chi connectivity index (χ0n) is 10.4. The monoisotopic (exact) mass is 252 g/mol. The number of para-hydroxylation sites is 1. The molecule has 1 N–H and O–H groups in total. The van der Waals surface area contributed by atoms with Gasteiger partial charge in [0, 0.05) is 19.1 Å². The molecule has 2 rings (SSSR count). The summed E-state index contributed by atoms with van der Waals surface area (Å²) < 4.78 is 18.3. The van der Waals surface area contributed by atoms with Crippen LogP contribution >= 0.6 is 0 Å². The van der Waals surface area contributed by atoms with E-state index in [1.807, 2.05) is 11.0 Å². The SMILES string of the molecule is COC(=O)NC1CCCN(c2ccccc2F)C1. The van der Waals surface area contributed by atoms with Gasteiger partial charge in [-0.1, -0.05) is 12.1 Å². The lowest BCUT2D eigenvalue weighted by Gasteiger charge is -2.34. The van der Waals surface area contributed by atoms with E-state index in [1.165, 1.54) is 13.2 Å². The molecule has 1 amide bonds. The fourth-order valence-electron chi connectivity index (χ4n) is 2.25. The number of amides is 1. The predicted molar refractivity (Wildman–Crippen MR) is 67.2 cm³/mol. The fraction of sp³-hybridized carbons (Fsp3) is 0.462. The van der Waals surface area contributed by atoms with Gasteiger partial charge in [0.2, 0.25) is 0 Å². The van der Waals surface area contributed by atoms with E-state index in [2.05, 4.69) is 10.1 Å². The number of hydrogen-bond donors (Lipinski definition) is 1. The van der Waals surface area contributed by atoms with E-state index in [0.29, 0.717) is 12.2 Å². The maximum absolute atomic E-state index is 13.7. The Hall–Kier alpha value is -1.78. The maximum Gasteiger partial charge on any atom is 0.407 e. The van der Waals surface area contributed by atoms with Crippen LogP contribution in [0.3, 0.4) is 0 Å². The number of nitrogens with zero attached hydrogens (tertiary/aromatic N) is 1. The van der Waals surface area contributed by atoms with Crippen LogP contribution < -0.4 is 10.2 Å². The van der Waals surface area contributed by atoms with Crippen molar-refractivity contribution in [3.8, 4) is 0 Å². The van der Waals surface area contributed by atoms with E-state index in [4.69, 9.17) is 0 Å². The number of halogens is 1. The number of hydrogen-bond acceptors (Lipinski definition) is 3. The van der Waals surface area contributed by atoms with Gasteiger partial charge in [0.25, 0.3) is 0 Å². The molecule has 0 aromatic heterocycles. The van der Waals surface area contributed by atoms with E-state index in [0.717, 1.165) is 19.4 Å². The molecule has 1 unspecified atom stereocenters. The molecule has 4 nitrogen and oxygen atoms in total. The smallest absolute Gasteiger partial charge is 0.407 e. The number of anilines is 1. The first-order chi connectivity index (χ1) is 8.70. The molecule has 1 saturated heterocycles. The van der Waals surface area contributed by atoms with Gasteiger partial charge in [0.15, 0.2) is 0 Å². The van der Waals surface area contributed by atoms with E-state index in [-0.39, 0.29) is 11.9 Å². The van der Waals surface area contributed by atoms with Gasteiger partial charge in [-0.25, -0.2) is 9.18 Å². The minimum absolute atomic E-state index is 0.00538. The second-order valence-electron chi connectivity index (χ2n) is 4.37. The average Bonchev–Trinajstić information content (AvgIpc) is 2.39. The van der Waals surface area contributed by atoms with Crippen molar-refractivity contribution in [2.75, 3.05) is 25.1 Å². The zero-order chi connectivity index (χ0) is 13.0. The molecule has 0 saturated carbocycles. The average molecular weight is 252 g/mol. The summed E-state index contributed by atoms with van der Waals surface area (Å²) in [6, 6.07) is 6.71. The van der Waals surface area contributed by atoms with Crippen molar-refractivity contribution >= 4 is 11.8 Å². The second-order valence-corrected chi connectivity index (χ2v) is 4.37. The molecule has 1 aliphatic rings. The first-order valence-electron chi connectivity index (χ1n) is 6.04. The van der Waals surface area contributed by atoms with Crippen LogP contribution in [-0.4, -0.2) is 32.3 Å². The Morgan fingerprint density at radius 2 is 2.28 bits per heavy atom. The van der Waals surface area contributed by atoms with E-state index in [1.54, 1.807) is 12.1 Å². The summed E-state index contributed by atoms with van der Waals surface area (Å²) in [6.45, 7) is 1.41. The number of ether oxygens (including phenoxy) is 1. The van der Waals surface area contributed by atoms with Crippen LogP contribution in [0.5, 0.6) is 0 Å². The van der Waals surface area contributed by atoms with E-state index >= 15 is 0 Å². The largest absolute Gasteiger partial charge is 0.453 e. The Bertz CT molecular complexity index is 425. The summed E-state index contributed by atoms with van der Waals surface area (Å²) in [5.74, 6) is -0.226. The predicted octanol–water partition coefficient (Wildman–Crippen LogP) is 2.15. The Morgan fingerprint density at radius 1 is 1.50 bits per heavy atom. The molecular weight excluding hydrogens is 235 g/mol. The van der Waals surface area contributed by atoms with Crippen LogP contribution in [0.25, 0.3) is 0 Å². The number of rotatable bonds is 2. The molecule has 0 radical (unpaired) electrons. The molecule has 18 heavy (non-hydrogen) atoms. The summed E-state index contributed by atoms with van der Waals surface area (Å²) >= 11 is 0. The molecule has 5 heteroatoms. The van der Waals surface area contributed by atoms with Crippen molar-refractivity contribution in [2.45, 2.75) is 18.9 Å². The van der Waals surface area contributed by atoms with Crippen molar-refractivity contribution in [1.82, 2.24) is 5.32 Å². The lowest BCUT2D eigenvalue weighted by molar-refractivity contribution is 0.165. The van der Waals surface area contributed by atoms with E-state index < -0.39 is 6.09 Å². The van der Waals surface area contributed by atoms with E-state index in [9.17, 15) is 9.18 Å². The Kier molecular flexibility index (Phi) is 4.02. The lowest BCUT2D eigenvalue weighted by Crippen LogP contribution is -2.48. The van der Waals surface area contributed by atoms with Gasteiger partial charge < -0.3 is 15.0 Å². The highest BCUT2D eigenvalue weighted by Gasteiger charge is 2.23. The topological polar surface area (TPSA) is 41.6 Å². The molecule has 1 aliphatic heterocycles. The molecule has 1 fully saturated rings. The standard InChI is InChI=1S/C13H17FN2O2/c1-18-13(17)15-10-5-4-8-16(9-10)12-7-3-2-6-11(12)14/h2-3,6-7,10H,4-5,8-9H2,1H3,(H,15,17). The van der Waals surface area contributed by atoms with Crippen molar-refractivity contribution in [2.24, 2.45) is 0 Å². The van der Waals surface area contributed by atoms with Gasteiger partial charge in [-0.2, -0.15) is 0 Å². The summed E-state index contributed by atoms with van der Waals surface area (Å²) in [4.78, 5) is 13.1. The van der Waals surface area contributed by atoms with Gasteiger partial charge in [-0.05, 0) is 25.0 Å². The summed E-state index contributed by atoms with van der Waals surface area (Å²) in [6.07, 6.45) is 1.37. The van der Waals surface area contributed by atoms with Gasteiger partial charge in [0.1, 0.15) is 5.82 Å². The Balaban J connectivity index is 2.03. The van der Waals surface area contributed by atoms with Gasteiger partial charge in [-0.3, -0.25) is 0 Å². The number of benzene rings is 1. The number of piperidine rings is 1. The molecule has 1 atom stereocenters. The molecule has 0 spiro atoms. The third-order valence-electron chi connectivity index (χ3n) is 3.12. The van der Waals surface area contributed by atoms with Crippen LogP contribution in [0.1, 0.15) is 12.8 Å². The number of carbonyl (C=O) groups excluding carboxylic acids is 1. The zero-order valence-corrected chi connectivity index (χ0v) is 10.4. The third-order valence-corrected chi connectivity index (χ3v) is 3.12. The maximum atomic E-state index is 13.7. The first-order valence-corrected chi connectivity index (χ1v) is 6.04. The van der Waals surface area contributed by atoms with Gasteiger partial charge >= 0.3 is 6.09 Å². The number of nitrogens with one attached hydrogen (secondary N) is 1. The van der Waals surface area contributed by atoms with Crippen LogP contribution in [0.4, 0.5) is 14.9 Å². The van der Waals surface area contributed by atoms with Gasteiger partial charge in [0.05, 0.1) is 12.8 Å². The minimum Gasteiger partial charge on any atom is -0.453 e. The second kappa shape index (κ2) is 5.71. The molecule has 1 aromatic rings. The molecular formula is C13H17FN2O2. The number of alkyl carbamates (subject to hydrolysis) is 1. The lowest BCUT2D eigenvalue weighted by atomic mass is 10.0. The Labute approximate surface area is 106 Å². The molecule has 1 aromatic carbocycles. The normalized spacial score (nSPS) is 19.4. The van der Waals surface area contributed by atoms with Crippen LogP contribution in [0.15, 0.2) is 24.3 Å². The van der Waals surface area contributed by atoms with Gasteiger partial charge in [-0.15, -0.1) is 0 Å². The van der Waals surface area contributed by atoms with Crippen LogP contribution in [0, 0.1) is 5.82 Å². The minimum atomic E-state index is -0.435. The highest BCUT2D eigenvalue weighted by molar-refractivity contribution is 5.67. The van der Waals surface area contributed by atoms with Crippen molar-refractivity contribution < 1.29 is 13.9 Å². The van der Waals surface area contributed by atoms with Crippen molar-refractivity contribution in [3.05, 3.63) is 30.1 Å². The summed E-state index contributed by atoms with van der Waals surface area (Å²) in [5.41, 5.74) is 0.592.